The van der Waals surface area contributed by atoms with Crippen molar-refractivity contribution >= 4 is 6.03 Å². The van der Waals surface area contributed by atoms with E-state index in [9.17, 15) is 4.79 Å². The molecule has 0 bridgehead atoms. The van der Waals surface area contributed by atoms with Crippen molar-refractivity contribution < 1.29 is 14.6 Å². The molecule has 0 heterocycles. The Labute approximate surface area is 119 Å². The zero-order chi connectivity index (χ0) is 14.4. The lowest BCUT2D eigenvalue weighted by Gasteiger charge is -2.39. The third-order valence-corrected chi connectivity index (χ3v) is 3.63. The Morgan fingerprint density at radius 3 is 2.80 bits per heavy atom. The number of aliphatic hydroxyl groups excluding tert-OH is 1. The largest absolute Gasteiger partial charge is 0.491 e. The number of hydrogen-bond donors (Lipinski definition) is 3. The van der Waals surface area contributed by atoms with Crippen molar-refractivity contribution in [2.75, 3.05) is 13.2 Å². The summed E-state index contributed by atoms with van der Waals surface area (Å²) in [4.78, 5) is 11.8. The van der Waals surface area contributed by atoms with Crippen LogP contribution in [0.25, 0.3) is 0 Å². The number of ether oxygens (including phenoxy) is 1. The van der Waals surface area contributed by atoms with Gasteiger partial charge in [0.1, 0.15) is 12.4 Å². The number of benzene rings is 1. The van der Waals surface area contributed by atoms with Crippen LogP contribution in [0.5, 0.6) is 5.75 Å². The van der Waals surface area contributed by atoms with Gasteiger partial charge in [0.2, 0.25) is 0 Å². The van der Waals surface area contributed by atoms with Gasteiger partial charge in [-0.15, -0.1) is 0 Å². The minimum atomic E-state index is -0.149. The summed E-state index contributed by atoms with van der Waals surface area (Å²) in [7, 11) is 0. The number of aliphatic hydroxyl groups is 1. The van der Waals surface area contributed by atoms with Crippen LogP contribution in [0.3, 0.4) is 0 Å². The summed E-state index contributed by atoms with van der Waals surface area (Å²) >= 11 is 0. The molecule has 2 amide bonds. The molecule has 5 heteroatoms. The van der Waals surface area contributed by atoms with Crippen LogP contribution in [0.1, 0.15) is 31.7 Å². The molecule has 0 atom stereocenters. The fraction of sp³-hybridized carbons (Fsp3) is 0.533. The van der Waals surface area contributed by atoms with Crippen LogP contribution in [0.4, 0.5) is 4.79 Å². The second-order valence-corrected chi connectivity index (χ2v) is 5.40. The van der Waals surface area contributed by atoms with Gasteiger partial charge in [-0.3, -0.25) is 0 Å². The van der Waals surface area contributed by atoms with Crippen molar-refractivity contribution in [2.45, 2.75) is 38.3 Å². The first kappa shape index (κ1) is 14.7. The second-order valence-electron chi connectivity index (χ2n) is 5.40. The van der Waals surface area contributed by atoms with Crippen molar-refractivity contribution in [1.82, 2.24) is 10.6 Å². The van der Waals surface area contributed by atoms with Gasteiger partial charge in [-0.1, -0.05) is 18.2 Å². The molecule has 0 radical (unpaired) electrons. The van der Waals surface area contributed by atoms with E-state index in [2.05, 4.69) is 17.6 Å². The van der Waals surface area contributed by atoms with Crippen LogP contribution < -0.4 is 15.4 Å². The maximum Gasteiger partial charge on any atom is 0.315 e. The van der Waals surface area contributed by atoms with Crippen LogP contribution in [-0.2, 0) is 6.54 Å². The molecule has 3 N–H and O–H groups in total. The van der Waals surface area contributed by atoms with E-state index in [0.29, 0.717) is 12.3 Å². The minimum absolute atomic E-state index is 0.0272. The smallest absolute Gasteiger partial charge is 0.315 e. The van der Waals surface area contributed by atoms with Gasteiger partial charge >= 0.3 is 6.03 Å². The van der Waals surface area contributed by atoms with Crippen LogP contribution in [0.2, 0.25) is 0 Å². The molecule has 0 spiro atoms. The number of hydrogen-bond acceptors (Lipinski definition) is 3. The molecule has 110 valence electrons. The number of rotatable bonds is 6. The van der Waals surface area contributed by atoms with E-state index in [1.54, 1.807) is 0 Å². The van der Waals surface area contributed by atoms with E-state index in [4.69, 9.17) is 9.84 Å². The highest BCUT2D eigenvalue weighted by Gasteiger charge is 2.32. The van der Waals surface area contributed by atoms with E-state index in [1.807, 2.05) is 24.3 Å². The Kier molecular flexibility index (Phi) is 4.84. The topological polar surface area (TPSA) is 70.6 Å². The number of urea groups is 1. The Bertz CT molecular complexity index is 458. The van der Waals surface area contributed by atoms with Gasteiger partial charge < -0.3 is 20.5 Å². The second kappa shape index (κ2) is 6.61. The van der Waals surface area contributed by atoms with Crippen LogP contribution in [0.15, 0.2) is 24.3 Å². The molecular formula is C15H22N2O3. The maximum atomic E-state index is 11.8. The number of carbonyl (C=O) groups excluding carboxylic acids is 1. The summed E-state index contributed by atoms with van der Waals surface area (Å²) in [5, 5.41) is 14.6. The molecule has 0 unspecified atom stereocenters. The summed E-state index contributed by atoms with van der Waals surface area (Å²) in [6, 6.07) is 7.35. The Hall–Kier alpha value is -1.75. The number of para-hydroxylation sites is 1. The van der Waals surface area contributed by atoms with Gasteiger partial charge in [0.05, 0.1) is 6.61 Å². The van der Waals surface area contributed by atoms with Crippen molar-refractivity contribution in [3.8, 4) is 5.75 Å². The molecule has 2 rings (SSSR count). The first-order chi connectivity index (χ1) is 9.63. The normalized spacial score (nSPS) is 16.1. The summed E-state index contributed by atoms with van der Waals surface area (Å²) in [6.45, 7) is 2.69. The monoisotopic (exact) mass is 278 g/mol. The van der Waals surface area contributed by atoms with Gasteiger partial charge in [0.15, 0.2) is 0 Å². The van der Waals surface area contributed by atoms with Gasteiger partial charge in [-0.2, -0.15) is 0 Å². The van der Waals surface area contributed by atoms with Crippen molar-refractivity contribution in [3.05, 3.63) is 29.8 Å². The molecule has 1 aliphatic rings. The molecule has 0 saturated heterocycles. The zero-order valence-electron chi connectivity index (χ0n) is 11.8. The minimum Gasteiger partial charge on any atom is -0.491 e. The lowest BCUT2D eigenvalue weighted by atomic mass is 9.79. The molecule has 1 saturated carbocycles. The fourth-order valence-electron chi connectivity index (χ4n) is 2.27. The molecule has 20 heavy (non-hydrogen) atoms. The first-order valence-corrected chi connectivity index (χ1v) is 7.00. The lowest BCUT2D eigenvalue weighted by molar-refractivity contribution is 0.190. The lowest BCUT2D eigenvalue weighted by Crippen LogP contribution is -2.54. The molecular weight excluding hydrogens is 256 g/mol. The molecule has 1 aromatic carbocycles. The molecule has 1 fully saturated rings. The van der Waals surface area contributed by atoms with Crippen LogP contribution in [-0.4, -0.2) is 29.9 Å². The van der Waals surface area contributed by atoms with E-state index in [-0.39, 0.29) is 24.8 Å². The third kappa shape index (κ3) is 3.87. The number of carbonyl (C=O) groups is 1. The molecule has 0 aromatic heterocycles. The quantitative estimate of drug-likeness (QED) is 0.743. The Morgan fingerprint density at radius 2 is 2.15 bits per heavy atom. The number of nitrogens with one attached hydrogen (secondary N) is 2. The van der Waals surface area contributed by atoms with Gasteiger partial charge in [-0.25, -0.2) is 4.79 Å². The van der Waals surface area contributed by atoms with Crippen LogP contribution in [0, 0.1) is 0 Å². The average Bonchev–Trinajstić information content (AvgIpc) is 2.42. The zero-order valence-corrected chi connectivity index (χ0v) is 11.8. The highest BCUT2D eigenvalue weighted by Crippen LogP contribution is 2.30. The maximum absolute atomic E-state index is 11.8. The van der Waals surface area contributed by atoms with Gasteiger partial charge in [0, 0.05) is 17.6 Å². The van der Waals surface area contributed by atoms with Crippen molar-refractivity contribution in [3.63, 3.8) is 0 Å². The Balaban J connectivity index is 1.85. The summed E-state index contributed by atoms with van der Waals surface area (Å²) in [5.74, 6) is 0.691. The molecule has 5 nitrogen and oxygen atoms in total. The SMILES string of the molecule is CC1(NC(=O)NCc2ccccc2OCCO)CCC1. The van der Waals surface area contributed by atoms with E-state index in [1.165, 1.54) is 6.42 Å². The highest BCUT2D eigenvalue weighted by molar-refractivity contribution is 5.75. The average molecular weight is 278 g/mol. The summed E-state index contributed by atoms with van der Waals surface area (Å²) in [6.07, 6.45) is 3.25. The van der Waals surface area contributed by atoms with Crippen LogP contribution >= 0.6 is 0 Å². The summed E-state index contributed by atoms with van der Waals surface area (Å²) in [5.41, 5.74) is 0.853. The summed E-state index contributed by atoms with van der Waals surface area (Å²) < 4.78 is 5.43. The number of amides is 2. The molecule has 1 aromatic rings. The first-order valence-electron chi connectivity index (χ1n) is 7.00. The highest BCUT2D eigenvalue weighted by atomic mass is 16.5. The van der Waals surface area contributed by atoms with E-state index >= 15 is 0 Å². The Morgan fingerprint density at radius 1 is 1.40 bits per heavy atom. The third-order valence-electron chi connectivity index (χ3n) is 3.63. The molecule has 1 aliphatic carbocycles. The fourth-order valence-corrected chi connectivity index (χ4v) is 2.27. The van der Waals surface area contributed by atoms with Crippen molar-refractivity contribution in [1.29, 1.82) is 0 Å². The predicted molar refractivity (Wildman–Crippen MR) is 76.7 cm³/mol. The van der Waals surface area contributed by atoms with Crippen molar-refractivity contribution in [2.24, 2.45) is 0 Å². The van der Waals surface area contributed by atoms with Gasteiger partial charge in [0.25, 0.3) is 0 Å². The van der Waals surface area contributed by atoms with Gasteiger partial charge in [-0.05, 0) is 32.3 Å². The van der Waals surface area contributed by atoms with E-state index in [0.717, 1.165) is 18.4 Å². The van der Waals surface area contributed by atoms with E-state index < -0.39 is 0 Å². The standard InChI is InChI=1S/C15H22N2O3/c1-15(7-4-8-15)17-14(19)16-11-12-5-2-3-6-13(12)20-10-9-18/h2-3,5-6,18H,4,7-11H2,1H3,(H2,16,17,19). The molecule has 0 aliphatic heterocycles. The predicted octanol–water partition coefficient (Wildman–Crippen LogP) is 1.80.